The van der Waals surface area contributed by atoms with Crippen LogP contribution in [-0.4, -0.2) is 53.8 Å². The molecule has 0 aliphatic carbocycles. The van der Waals surface area contributed by atoms with Gasteiger partial charge < -0.3 is 8.37 Å². The number of alkyl halides is 3. The Labute approximate surface area is 145 Å². The third-order valence-corrected chi connectivity index (χ3v) is 7.01. The molecule has 0 fully saturated rings. The van der Waals surface area contributed by atoms with Crippen molar-refractivity contribution in [3.63, 3.8) is 0 Å². The van der Waals surface area contributed by atoms with Crippen LogP contribution in [0.4, 0.5) is 13.2 Å². The van der Waals surface area contributed by atoms with Gasteiger partial charge in [0.15, 0.2) is 0 Å². The van der Waals surface area contributed by atoms with E-state index in [1.54, 1.807) is 19.6 Å². The molecule has 8 nitrogen and oxygen atoms in total. The number of pyridine rings is 1. The molecule has 1 aromatic heterocycles. The van der Waals surface area contributed by atoms with Crippen LogP contribution in [0.3, 0.4) is 0 Å². The lowest BCUT2D eigenvalue weighted by Gasteiger charge is -2.22. The molecular formula is C11H17F3N2O6S2Si. The van der Waals surface area contributed by atoms with Crippen LogP contribution in [0.25, 0.3) is 0 Å². The molecule has 0 atom stereocenters. The van der Waals surface area contributed by atoms with Crippen molar-refractivity contribution in [3.8, 4) is 11.6 Å². The van der Waals surface area contributed by atoms with E-state index >= 15 is 0 Å². The highest BCUT2D eigenvalue weighted by atomic mass is 32.2. The van der Waals surface area contributed by atoms with Crippen LogP contribution in [0.1, 0.15) is 0 Å². The number of aromatic nitrogens is 1. The average Bonchev–Trinajstić information content (AvgIpc) is 2.37. The molecule has 0 radical (unpaired) electrons. The fraction of sp³-hybridized carbons (Fsp3) is 0.545. The highest BCUT2D eigenvalue weighted by Gasteiger charge is 2.49. The van der Waals surface area contributed by atoms with Crippen molar-refractivity contribution in [3.05, 3.63) is 12.3 Å². The Kier molecular flexibility index (Phi) is 5.83. The zero-order valence-corrected chi connectivity index (χ0v) is 16.6. The third-order valence-electron chi connectivity index (χ3n) is 2.79. The summed E-state index contributed by atoms with van der Waals surface area (Å²) in [5.74, 6) is -1.77. The number of rotatable bonds is 6. The summed E-state index contributed by atoms with van der Waals surface area (Å²) < 4.78 is 93.8. The summed E-state index contributed by atoms with van der Waals surface area (Å²) >= 11 is 0. The van der Waals surface area contributed by atoms with E-state index in [0.717, 1.165) is 20.3 Å². The van der Waals surface area contributed by atoms with Gasteiger partial charge in [-0.25, -0.2) is 4.98 Å². The zero-order chi connectivity index (χ0) is 19.8. The van der Waals surface area contributed by atoms with Crippen molar-refractivity contribution in [2.75, 3.05) is 14.1 Å². The largest absolute Gasteiger partial charge is 0.534 e. The normalized spacial score (nSPS) is 13.8. The Morgan fingerprint density at radius 1 is 1.08 bits per heavy atom. The predicted molar refractivity (Wildman–Crippen MR) is 86.1 cm³/mol. The summed E-state index contributed by atoms with van der Waals surface area (Å²) in [5, 5.41) is 0.0966. The molecule has 0 aliphatic rings. The molecule has 0 spiro atoms. The molecule has 0 saturated heterocycles. The highest BCUT2D eigenvalue weighted by molar-refractivity contribution is 7.88. The number of hydrogen-bond acceptors (Lipinski definition) is 7. The zero-order valence-electron chi connectivity index (χ0n) is 13.9. The maximum atomic E-state index is 12.7. The van der Waals surface area contributed by atoms with Gasteiger partial charge in [-0.2, -0.15) is 34.3 Å². The molecule has 14 heteroatoms. The first-order chi connectivity index (χ1) is 11.0. The number of halogens is 3. The topological polar surface area (TPSA) is 103 Å². The van der Waals surface area contributed by atoms with Crippen LogP contribution in [0, 0.1) is 0 Å². The van der Waals surface area contributed by atoms with E-state index in [9.17, 15) is 30.0 Å². The maximum absolute atomic E-state index is 12.7. The van der Waals surface area contributed by atoms with Crippen LogP contribution in [0.2, 0.25) is 19.6 Å². The second-order valence-electron chi connectivity index (χ2n) is 6.05. The lowest BCUT2D eigenvalue weighted by molar-refractivity contribution is -0.0500. The number of nitrogens with zero attached hydrogens (tertiary/aromatic N) is 2. The van der Waals surface area contributed by atoms with Crippen molar-refractivity contribution in [1.29, 1.82) is 0 Å². The molecule has 0 amide bonds. The first kappa shape index (κ1) is 21.7. The number of hydrogen-bond donors (Lipinski definition) is 0. The molecule has 144 valence electrons. The molecule has 0 aliphatic heterocycles. The molecule has 25 heavy (non-hydrogen) atoms. The van der Waals surface area contributed by atoms with Crippen molar-refractivity contribution in [1.82, 2.24) is 9.29 Å². The second kappa shape index (κ2) is 6.73. The van der Waals surface area contributed by atoms with E-state index in [1.807, 2.05) is 0 Å². The van der Waals surface area contributed by atoms with E-state index in [-0.39, 0.29) is 5.19 Å². The highest BCUT2D eigenvalue weighted by Crippen LogP contribution is 2.32. The van der Waals surface area contributed by atoms with Crippen LogP contribution < -0.4 is 13.6 Å². The summed E-state index contributed by atoms with van der Waals surface area (Å²) in [6, 6.07) is 1.27. The van der Waals surface area contributed by atoms with Gasteiger partial charge in [-0.3, -0.25) is 0 Å². The Morgan fingerprint density at radius 3 is 2.00 bits per heavy atom. The fourth-order valence-corrected chi connectivity index (χ4v) is 3.92. The fourth-order valence-electron chi connectivity index (χ4n) is 1.49. The van der Waals surface area contributed by atoms with E-state index in [2.05, 4.69) is 13.4 Å². The third kappa shape index (κ3) is 5.05. The van der Waals surface area contributed by atoms with Gasteiger partial charge in [-0.05, 0) is 11.3 Å². The van der Waals surface area contributed by atoms with Gasteiger partial charge in [-0.15, -0.1) is 0 Å². The maximum Gasteiger partial charge on any atom is 0.534 e. The smallest absolute Gasteiger partial charge is 0.370 e. The van der Waals surface area contributed by atoms with E-state index in [0.29, 0.717) is 4.31 Å². The minimum Gasteiger partial charge on any atom is -0.370 e. The van der Waals surface area contributed by atoms with Gasteiger partial charge in [0.25, 0.3) is 5.88 Å². The Bertz CT molecular complexity index is 848. The Hall–Kier alpha value is -1.38. The van der Waals surface area contributed by atoms with Gasteiger partial charge in [0.05, 0.1) is 8.07 Å². The second-order valence-corrected chi connectivity index (χ2v) is 14.4. The summed E-state index contributed by atoms with van der Waals surface area (Å²) in [6.07, 6.45) is 1.10. The van der Waals surface area contributed by atoms with E-state index in [4.69, 9.17) is 0 Å². The average molecular weight is 422 g/mol. The first-order valence-corrected chi connectivity index (χ1v) is 12.9. The van der Waals surface area contributed by atoms with Crippen molar-refractivity contribution in [2.45, 2.75) is 25.1 Å². The predicted octanol–water partition coefficient (Wildman–Crippen LogP) is 1.04. The quantitative estimate of drug-likeness (QED) is 0.383. The lowest BCUT2D eigenvalue weighted by Crippen LogP contribution is -2.41. The molecule has 0 aromatic carbocycles. The molecule has 0 bridgehead atoms. The van der Waals surface area contributed by atoms with Crippen LogP contribution in [0.15, 0.2) is 12.3 Å². The van der Waals surface area contributed by atoms with Gasteiger partial charge in [0.2, 0.25) is 5.75 Å². The monoisotopic (exact) mass is 422 g/mol. The summed E-state index contributed by atoms with van der Waals surface area (Å²) in [4.78, 5) is 3.52. The molecule has 0 N–H and O–H groups in total. The lowest BCUT2D eigenvalue weighted by atomic mass is 10.4. The SMILES string of the molecule is CN(C)S(=O)(=O)Oc1nccc([Si](C)(C)C)c1OS(=O)(=O)C(F)(F)F. The minimum absolute atomic E-state index is 0.0966. The Balaban J connectivity index is 3.61. The molecule has 0 saturated carbocycles. The van der Waals surface area contributed by atoms with E-state index in [1.165, 1.54) is 6.07 Å². The summed E-state index contributed by atoms with van der Waals surface area (Å²) in [7, 11) is -10.7. The molecule has 1 aromatic rings. The van der Waals surface area contributed by atoms with E-state index < -0.39 is 45.6 Å². The first-order valence-electron chi connectivity index (χ1n) is 6.61. The van der Waals surface area contributed by atoms with Crippen molar-refractivity contribution >= 4 is 33.7 Å². The molecule has 0 unspecified atom stereocenters. The van der Waals surface area contributed by atoms with Gasteiger partial charge in [-0.1, -0.05) is 19.6 Å². The van der Waals surface area contributed by atoms with Gasteiger partial charge in [0, 0.05) is 20.3 Å². The molecule has 1 heterocycles. The van der Waals surface area contributed by atoms with Crippen molar-refractivity contribution in [2.24, 2.45) is 0 Å². The van der Waals surface area contributed by atoms with Crippen LogP contribution in [0.5, 0.6) is 11.6 Å². The van der Waals surface area contributed by atoms with Gasteiger partial charge in [0.1, 0.15) is 0 Å². The molecular weight excluding hydrogens is 405 g/mol. The Morgan fingerprint density at radius 2 is 1.60 bits per heavy atom. The van der Waals surface area contributed by atoms with Crippen LogP contribution in [-0.2, 0) is 20.4 Å². The molecule has 1 rings (SSSR count). The van der Waals surface area contributed by atoms with Crippen molar-refractivity contribution < 1.29 is 38.4 Å². The van der Waals surface area contributed by atoms with Crippen LogP contribution >= 0.6 is 0 Å². The van der Waals surface area contributed by atoms with Gasteiger partial charge >= 0.3 is 25.9 Å². The standard InChI is InChI=1S/C11H17F3N2O6S2Si/c1-16(2)24(19,20)22-10-9(21-23(17,18)11(12,13)14)8(6-7-15-10)25(3,4)5/h6-7H,1-5H3. The minimum atomic E-state index is -6.04. The summed E-state index contributed by atoms with van der Waals surface area (Å²) in [6.45, 7) is 5.08. The summed E-state index contributed by atoms with van der Waals surface area (Å²) in [5.41, 5.74) is -5.70.